The van der Waals surface area contributed by atoms with Gasteiger partial charge >= 0.3 is 5.97 Å². The molecule has 30 heavy (non-hydrogen) atoms. The van der Waals surface area contributed by atoms with Gasteiger partial charge in [0.1, 0.15) is 5.75 Å². The van der Waals surface area contributed by atoms with E-state index in [0.717, 1.165) is 38.4 Å². The van der Waals surface area contributed by atoms with Gasteiger partial charge in [-0.05, 0) is 57.8 Å². The molecular weight excluding hydrogens is 372 g/mol. The van der Waals surface area contributed by atoms with Crippen molar-refractivity contribution in [1.29, 1.82) is 0 Å². The summed E-state index contributed by atoms with van der Waals surface area (Å²) in [6.45, 7) is 2.32. The molecule has 0 saturated carbocycles. The number of hydrogen-bond acceptors (Lipinski definition) is 3. The molecule has 3 heteroatoms. The lowest BCUT2D eigenvalue weighted by atomic mass is 9.97. The molecule has 0 heterocycles. The maximum Gasteiger partial charge on any atom is 0.338 e. The number of methoxy groups -OCH3 is 1. The summed E-state index contributed by atoms with van der Waals surface area (Å²) in [7, 11) is 1.65. The number of fused-ring (bicyclic) bond motifs is 3. The summed E-state index contributed by atoms with van der Waals surface area (Å²) >= 11 is 0. The number of carbonyl (C=O) groups excluding carboxylic acids is 1. The topological polar surface area (TPSA) is 35.5 Å². The molecule has 0 amide bonds. The average Bonchev–Trinajstić information content (AvgIpc) is 2.81. The molecule has 4 aromatic rings. The van der Waals surface area contributed by atoms with Gasteiger partial charge in [0, 0.05) is 6.42 Å². The molecule has 0 bridgehead atoms. The first-order valence-electron chi connectivity index (χ1n) is 10.1. The molecule has 0 N–H and O–H groups in total. The smallest absolute Gasteiger partial charge is 0.338 e. The summed E-state index contributed by atoms with van der Waals surface area (Å²) in [4.78, 5) is 12.9. The number of rotatable bonds is 6. The predicted octanol–water partition coefficient (Wildman–Crippen LogP) is 6.65. The van der Waals surface area contributed by atoms with Crippen LogP contribution in [0.1, 0.15) is 29.3 Å². The molecule has 0 atom stereocenters. The first kappa shape index (κ1) is 19.7. The van der Waals surface area contributed by atoms with E-state index in [1.165, 1.54) is 0 Å². The van der Waals surface area contributed by atoms with E-state index in [9.17, 15) is 4.79 Å². The summed E-state index contributed by atoms with van der Waals surface area (Å²) < 4.78 is 10.9. The number of carbonyl (C=O) groups is 1. The highest BCUT2D eigenvalue weighted by molar-refractivity contribution is 6.16. The van der Waals surface area contributed by atoms with Crippen molar-refractivity contribution in [2.45, 2.75) is 13.3 Å². The van der Waals surface area contributed by atoms with Crippen molar-refractivity contribution in [2.24, 2.45) is 0 Å². The highest BCUT2D eigenvalue weighted by Crippen LogP contribution is 2.29. The summed E-state index contributed by atoms with van der Waals surface area (Å²) in [5, 5.41) is 4.16. The van der Waals surface area contributed by atoms with E-state index >= 15 is 0 Å². The van der Waals surface area contributed by atoms with Crippen LogP contribution in [0.2, 0.25) is 0 Å². The van der Waals surface area contributed by atoms with Crippen molar-refractivity contribution in [3.05, 3.63) is 96.1 Å². The SMILES string of the molecule is C/C=C(\CCOC(=O)c1cc2ccccc2c2ccccc12)c1ccc(OC)cc1. The van der Waals surface area contributed by atoms with E-state index in [1.807, 2.05) is 73.7 Å². The van der Waals surface area contributed by atoms with Crippen molar-refractivity contribution >= 4 is 33.1 Å². The second-order valence-corrected chi connectivity index (χ2v) is 7.12. The molecule has 0 fully saturated rings. The lowest BCUT2D eigenvalue weighted by molar-refractivity contribution is 0.0516. The number of allylic oxidation sites excluding steroid dienone is 1. The van der Waals surface area contributed by atoms with Gasteiger partial charge < -0.3 is 9.47 Å². The van der Waals surface area contributed by atoms with E-state index in [-0.39, 0.29) is 5.97 Å². The highest BCUT2D eigenvalue weighted by Gasteiger charge is 2.14. The van der Waals surface area contributed by atoms with Gasteiger partial charge in [-0.2, -0.15) is 0 Å². The normalized spacial score (nSPS) is 11.6. The standard InChI is InChI=1S/C27H24O3/c1-3-19(20-12-14-22(29-2)15-13-20)16-17-30-27(28)26-18-21-8-4-5-9-23(21)24-10-6-7-11-25(24)26/h3-15,18H,16-17H2,1-2H3/b19-3+. The van der Waals surface area contributed by atoms with Crippen LogP contribution in [0.3, 0.4) is 0 Å². The van der Waals surface area contributed by atoms with Gasteiger partial charge in [-0.3, -0.25) is 0 Å². The molecule has 0 saturated heterocycles. The summed E-state index contributed by atoms with van der Waals surface area (Å²) in [5.41, 5.74) is 2.84. The van der Waals surface area contributed by atoms with Gasteiger partial charge in [-0.25, -0.2) is 4.79 Å². The van der Waals surface area contributed by atoms with Crippen molar-refractivity contribution in [2.75, 3.05) is 13.7 Å². The minimum Gasteiger partial charge on any atom is -0.497 e. The van der Waals surface area contributed by atoms with Gasteiger partial charge in [-0.15, -0.1) is 0 Å². The van der Waals surface area contributed by atoms with Crippen LogP contribution in [0.5, 0.6) is 5.75 Å². The molecular formula is C27H24O3. The maximum atomic E-state index is 12.9. The second kappa shape index (κ2) is 8.83. The Morgan fingerprint density at radius 3 is 2.23 bits per heavy atom. The summed E-state index contributed by atoms with van der Waals surface area (Å²) in [6.07, 6.45) is 2.71. The lowest BCUT2D eigenvalue weighted by Gasteiger charge is -2.12. The Bertz CT molecular complexity index is 1220. The molecule has 4 rings (SSSR count). The van der Waals surface area contributed by atoms with Crippen LogP contribution in [0, 0.1) is 0 Å². The fourth-order valence-corrected chi connectivity index (χ4v) is 3.82. The van der Waals surface area contributed by atoms with Crippen LogP contribution < -0.4 is 4.74 Å². The Hall–Kier alpha value is -3.59. The molecule has 0 aliphatic rings. The zero-order chi connectivity index (χ0) is 20.9. The highest BCUT2D eigenvalue weighted by atomic mass is 16.5. The Balaban J connectivity index is 1.53. The van der Waals surface area contributed by atoms with Crippen molar-refractivity contribution in [1.82, 2.24) is 0 Å². The monoisotopic (exact) mass is 396 g/mol. The third-order valence-electron chi connectivity index (χ3n) is 5.40. The van der Waals surface area contributed by atoms with Gasteiger partial charge in [0.25, 0.3) is 0 Å². The van der Waals surface area contributed by atoms with Crippen LogP contribution in [0.4, 0.5) is 0 Å². The zero-order valence-electron chi connectivity index (χ0n) is 17.2. The minimum absolute atomic E-state index is 0.290. The maximum absolute atomic E-state index is 12.9. The predicted molar refractivity (Wildman–Crippen MR) is 123 cm³/mol. The third kappa shape index (κ3) is 3.92. The molecule has 0 radical (unpaired) electrons. The first-order chi connectivity index (χ1) is 14.7. The Kier molecular flexibility index (Phi) is 5.80. The van der Waals surface area contributed by atoms with Crippen LogP contribution >= 0.6 is 0 Å². The van der Waals surface area contributed by atoms with E-state index in [4.69, 9.17) is 9.47 Å². The largest absolute Gasteiger partial charge is 0.497 e. The van der Waals surface area contributed by atoms with Gasteiger partial charge in [-0.1, -0.05) is 66.7 Å². The number of benzene rings is 4. The Labute approximate surface area is 176 Å². The van der Waals surface area contributed by atoms with Crippen molar-refractivity contribution in [3.63, 3.8) is 0 Å². The molecule has 4 aromatic carbocycles. The van der Waals surface area contributed by atoms with E-state index in [0.29, 0.717) is 18.6 Å². The molecule has 0 unspecified atom stereocenters. The molecule has 0 aliphatic carbocycles. The van der Waals surface area contributed by atoms with Crippen LogP contribution in [-0.4, -0.2) is 19.7 Å². The van der Waals surface area contributed by atoms with E-state index < -0.39 is 0 Å². The number of esters is 1. The molecule has 150 valence electrons. The molecule has 0 aromatic heterocycles. The summed E-state index contributed by atoms with van der Waals surface area (Å²) in [6, 6.07) is 25.9. The number of hydrogen-bond donors (Lipinski definition) is 0. The Morgan fingerprint density at radius 1 is 0.867 bits per heavy atom. The Morgan fingerprint density at radius 2 is 1.53 bits per heavy atom. The van der Waals surface area contributed by atoms with Crippen LogP contribution in [-0.2, 0) is 4.74 Å². The van der Waals surface area contributed by atoms with Crippen LogP contribution in [0.15, 0.2) is 84.9 Å². The molecule has 0 aliphatic heterocycles. The van der Waals surface area contributed by atoms with Crippen molar-refractivity contribution < 1.29 is 14.3 Å². The second-order valence-electron chi connectivity index (χ2n) is 7.12. The average molecular weight is 396 g/mol. The molecule has 3 nitrogen and oxygen atoms in total. The fraction of sp³-hybridized carbons (Fsp3) is 0.148. The lowest BCUT2D eigenvalue weighted by Crippen LogP contribution is -2.08. The first-order valence-corrected chi connectivity index (χ1v) is 10.1. The van der Waals surface area contributed by atoms with Crippen LogP contribution in [0.25, 0.3) is 27.1 Å². The van der Waals surface area contributed by atoms with Gasteiger partial charge in [0.15, 0.2) is 0 Å². The third-order valence-corrected chi connectivity index (χ3v) is 5.40. The zero-order valence-corrected chi connectivity index (χ0v) is 17.2. The van der Waals surface area contributed by atoms with Gasteiger partial charge in [0.2, 0.25) is 0 Å². The quantitative estimate of drug-likeness (QED) is 0.270. The minimum atomic E-state index is -0.290. The van der Waals surface area contributed by atoms with Gasteiger partial charge in [0.05, 0.1) is 19.3 Å². The van der Waals surface area contributed by atoms with E-state index in [1.54, 1.807) is 7.11 Å². The summed E-state index contributed by atoms with van der Waals surface area (Å²) in [5.74, 6) is 0.533. The van der Waals surface area contributed by atoms with E-state index in [2.05, 4.69) is 18.2 Å². The number of ether oxygens (including phenoxy) is 2. The fourth-order valence-electron chi connectivity index (χ4n) is 3.82. The van der Waals surface area contributed by atoms with Crippen molar-refractivity contribution in [3.8, 4) is 5.75 Å². The molecule has 0 spiro atoms.